The van der Waals surface area contributed by atoms with Gasteiger partial charge in [0.15, 0.2) is 0 Å². The monoisotopic (exact) mass is 256 g/mol. The van der Waals surface area contributed by atoms with E-state index in [-0.39, 0.29) is 5.56 Å². The summed E-state index contributed by atoms with van der Waals surface area (Å²) in [6, 6.07) is 13.4. The topological polar surface area (TPSA) is 41.5 Å². The summed E-state index contributed by atoms with van der Waals surface area (Å²) >= 11 is 0. The lowest BCUT2D eigenvalue weighted by Gasteiger charge is -2.00. The average Bonchev–Trinajstić information content (AvgIpc) is 2.39. The second-order valence-corrected chi connectivity index (χ2v) is 4.09. The van der Waals surface area contributed by atoms with Crippen molar-refractivity contribution in [1.29, 1.82) is 0 Å². The number of carbonyl (C=O) groups excluding carboxylic acids is 1. The fraction of sp³-hybridized carbons (Fsp3) is 0.0667. The first-order chi connectivity index (χ1) is 9.16. The highest BCUT2D eigenvalue weighted by molar-refractivity contribution is 5.95. The second kappa shape index (κ2) is 5.91. The molecule has 0 fully saturated rings. The van der Waals surface area contributed by atoms with Crippen LogP contribution in [-0.4, -0.2) is 12.1 Å². The van der Waals surface area contributed by atoms with E-state index in [1.165, 1.54) is 24.4 Å². The maximum absolute atomic E-state index is 13.3. The third-order valence-electron chi connectivity index (χ3n) is 2.54. The fourth-order valence-corrected chi connectivity index (χ4v) is 1.62. The van der Waals surface area contributed by atoms with Crippen molar-refractivity contribution in [2.75, 3.05) is 0 Å². The first-order valence-corrected chi connectivity index (χ1v) is 5.81. The first kappa shape index (κ1) is 13.0. The third-order valence-corrected chi connectivity index (χ3v) is 2.54. The number of hydrazone groups is 1. The summed E-state index contributed by atoms with van der Waals surface area (Å²) < 4.78 is 13.3. The SMILES string of the molecule is Cc1cccc(/C=N/NC(=O)c2ccccc2F)c1. The zero-order valence-electron chi connectivity index (χ0n) is 10.4. The van der Waals surface area contributed by atoms with Crippen molar-refractivity contribution in [3.05, 3.63) is 71.0 Å². The van der Waals surface area contributed by atoms with Crippen LogP contribution in [0.3, 0.4) is 0 Å². The molecule has 3 nitrogen and oxygen atoms in total. The number of halogens is 1. The zero-order valence-corrected chi connectivity index (χ0v) is 10.4. The number of hydrogen-bond acceptors (Lipinski definition) is 2. The summed E-state index contributed by atoms with van der Waals surface area (Å²) in [7, 11) is 0. The van der Waals surface area contributed by atoms with Gasteiger partial charge in [0.25, 0.3) is 5.91 Å². The van der Waals surface area contributed by atoms with Gasteiger partial charge in [-0.3, -0.25) is 4.79 Å². The molecule has 0 aromatic heterocycles. The molecule has 96 valence electrons. The molecule has 0 saturated carbocycles. The van der Waals surface area contributed by atoms with E-state index >= 15 is 0 Å². The molecule has 0 saturated heterocycles. The van der Waals surface area contributed by atoms with Crippen LogP contribution < -0.4 is 5.43 Å². The van der Waals surface area contributed by atoms with Gasteiger partial charge in [0.1, 0.15) is 5.82 Å². The molecule has 0 aliphatic heterocycles. The van der Waals surface area contributed by atoms with Crippen LogP contribution in [0.1, 0.15) is 21.5 Å². The van der Waals surface area contributed by atoms with E-state index in [0.29, 0.717) is 0 Å². The van der Waals surface area contributed by atoms with E-state index in [9.17, 15) is 9.18 Å². The van der Waals surface area contributed by atoms with Gasteiger partial charge in [-0.05, 0) is 24.6 Å². The van der Waals surface area contributed by atoms with Gasteiger partial charge in [-0.2, -0.15) is 5.10 Å². The molecule has 2 rings (SSSR count). The lowest BCUT2D eigenvalue weighted by molar-refractivity contribution is 0.0951. The highest BCUT2D eigenvalue weighted by Gasteiger charge is 2.08. The Labute approximate surface area is 110 Å². The number of nitrogens with zero attached hydrogens (tertiary/aromatic N) is 1. The standard InChI is InChI=1S/C15H13FN2O/c1-11-5-4-6-12(9-11)10-17-18-15(19)13-7-2-3-8-14(13)16/h2-10H,1H3,(H,18,19)/b17-10+. The van der Waals surface area contributed by atoms with Crippen molar-refractivity contribution in [1.82, 2.24) is 5.43 Å². The minimum absolute atomic E-state index is 0.0242. The van der Waals surface area contributed by atoms with Crippen LogP contribution in [0.2, 0.25) is 0 Å². The fourth-order valence-electron chi connectivity index (χ4n) is 1.62. The predicted molar refractivity (Wildman–Crippen MR) is 72.6 cm³/mol. The summed E-state index contributed by atoms with van der Waals surface area (Å²) in [4.78, 5) is 11.7. The van der Waals surface area contributed by atoms with Crippen molar-refractivity contribution in [2.24, 2.45) is 5.10 Å². The number of nitrogens with one attached hydrogen (secondary N) is 1. The van der Waals surface area contributed by atoms with Crippen LogP contribution in [0.4, 0.5) is 4.39 Å². The Morgan fingerprint density at radius 2 is 2.00 bits per heavy atom. The molecule has 0 aliphatic rings. The Kier molecular flexibility index (Phi) is 4.03. The van der Waals surface area contributed by atoms with Crippen molar-refractivity contribution in [3.8, 4) is 0 Å². The Hall–Kier alpha value is -2.49. The Morgan fingerprint density at radius 3 is 2.74 bits per heavy atom. The molecule has 2 aromatic carbocycles. The molecule has 0 heterocycles. The maximum Gasteiger partial charge on any atom is 0.274 e. The van der Waals surface area contributed by atoms with Crippen molar-refractivity contribution >= 4 is 12.1 Å². The molecule has 19 heavy (non-hydrogen) atoms. The summed E-state index contributed by atoms with van der Waals surface area (Å²) in [6.07, 6.45) is 1.52. The number of aryl methyl sites for hydroxylation is 1. The van der Waals surface area contributed by atoms with E-state index in [0.717, 1.165) is 11.1 Å². The van der Waals surface area contributed by atoms with Gasteiger partial charge in [0, 0.05) is 0 Å². The van der Waals surface area contributed by atoms with E-state index in [2.05, 4.69) is 10.5 Å². The molecule has 1 amide bonds. The van der Waals surface area contributed by atoms with Gasteiger partial charge in [0.05, 0.1) is 11.8 Å². The third kappa shape index (κ3) is 3.48. The summed E-state index contributed by atoms with van der Waals surface area (Å²) in [5.41, 5.74) is 4.24. The highest BCUT2D eigenvalue weighted by atomic mass is 19.1. The molecule has 0 aliphatic carbocycles. The lowest BCUT2D eigenvalue weighted by Crippen LogP contribution is -2.18. The largest absolute Gasteiger partial charge is 0.274 e. The van der Waals surface area contributed by atoms with Crippen molar-refractivity contribution in [2.45, 2.75) is 6.92 Å². The van der Waals surface area contributed by atoms with Gasteiger partial charge in [0.2, 0.25) is 0 Å². The number of rotatable bonds is 3. The van der Waals surface area contributed by atoms with Gasteiger partial charge in [-0.1, -0.05) is 42.0 Å². The Morgan fingerprint density at radius 1 is 1.21 bits per heavy atom. The molecule has 4 heteroatoms. The van der Waals surface area contributed by atoms with Gasteiger partial charge in [-0.25, -0.2) is 9.82 Å². The Bertz CT molecular complexity index is 623. The van der Waals surface area contributed by atoms with Gasteiger partial charge in [-0.15, -0.1) is 0 Å². The maximum atomic E-state index is 13.3. The number of benzene rings is 2. The van der Waals surface area contributed by atoms with Crippen molar-refractivity contribution in [3.63, 3.8) is 0 Å². The van der Waals surface area contributed by atoms with E-state index < -0.39 is 11.7 Å². The normalized spacial score (nSPS) is 10.6. The predicted octanol–water partition coefficient (Wildman–Crippen LogP) is 2.90. The van der Waals surface area contributed by atoms with E-state index in [4.69, 9.17) is 0 Å². The van der Waals surface area contributed by atoms with E-state index in [1.807, 2.05) is 31.2 Å². The van der Waals surface area contributed by atoms with Gasteiger partial charge >= 0.3 is 0 Å². The van der Waals surface area contributed by atoms with Crippen LogP contribution in [0.25, 0.3) is 0 Å². The number of carbonyl (C=O) groups is 1. The van der Waals surface area contributed by atoms with E-state index in [1.54, 1.807) is 6.07 Å². The number of hydrogen-bond donors (Lipinski definition) is 1. The molecule has 0 bridgehead atoms. The van der Waals surface area contributed by atoms with Crippen LogP contribution in [-0.2, 0) is 0 Å². The summed E-state index contributed by atoms with van der Waals surface area (Å²) in [6.45, 7) is 1.97. The number of amides is 1. The molecular weight excluding hydrogens is 243 g/mol. The summed E-state index contributed by atoms with van der Waals surface area (Å²) in [5.74, 6) is -1.13. The quantitative estimate of drug-likeness (QED) is 0.665. The van der Waals surface area contributed by atoms with Gasteiger partial charge < -0.3 is 0 Å². The van der Waals surface area contributed by atoms with Crippen LogP contribution in [0, 0.1) is 12.7 Å². The Balaban J connectivity index is 2.03. The van der Waals surface area contributed by atoms with Crippen molar-refractivity contribution < 1.29 is 9.18 Å². The average molecular weight is 256 g/mol. The first-order valence-electron chi connectivity index (χ1n) is 5.81. The zero-order chi connectivity index (χ0) is 13.7. The lowest BCUT2D eigenvalue weighted by atomic mass is 10.2. The molecule has 1 N–H and O–H groups in total. The molecule has 0 radical (unpaired) electrons. The minimum Gasteiger partial charge on any atom is -0.267 e. The van der Waals surface area contributed by atoms with Crippen LogP contribution in [0.15, 0.2) is 53.6 Å². The second-order valence-electron chi connectivity index (χ2n) is 4.09. The minimum atomic E-state index is -0.568. The molecule has 0 spiro atoms. The van der Waals surface area contributed by atoms with Crippen LogP contribution >= 0.6 is 0 Å². The molecule has 0 unspecified atom stereocenters. The summed E-state index contributed by atoms with van der Waals surface area (Å²) in [5, 5.41) is 3.81. The smallest absolute Gasteiger partial charge is 0.267 e. The molecule has 2 aromatic rings. The molecule has 0 atom stereocenters. The highest BCUT2D eigenvalue weighted by Crippen LogP contribution is 2.05. The molecular formula is C15H13FN2O. The van der Waals surface area contributed by atoms with Crippen LogP contribution in [0.5, 0.6) is 0 Å².